The normalized spacial score (nSPS) is 19.1. The van der Waals surface area contributed by atoms with Crippen LogP contribution in [-0.2, 0) is 11.3 Å². The lowest BCUT2D eigenvalue weighted by atomic mass is 10.0. The maximum absolute atomic E-state index is 12.5. The summed E-state index contributed by atoms with van der Waals surface area (Å²) in [6.07, 6.45) is 3.26. The number of rotatable bonds is 4. The Bertz CT molecular complexity index is 532. The number of hydrogen-bond acceptors (Lipinski definition) is 2. The smallest absolute Gasteiger partial charge is 0.318 e. The maximum atomic E-state index is 12.5. The molecule has 5 heteroatoms. The number of carbonyl (C=O) groups excluding carboxylic acids is 2. The zero-order valence-electron chi connectivity index (χ0n) is 14.3. The molecule has 1 heterocycles. The van der Waals surface area contributed by atoms with Gasteiger partial charge in [0.15, 0.2) is 0 Å². The van der Waals surface area contributed by atoms with Gasteiger partial charge in [-0.2, -0.15) is 0 Å². The van der Waals surface area contributed by atoms with Gasteiger partial charge in [0.2, 0.25) is 5.91 Å². The Labute approximate surface area is 138 Å². The molecule has 23 heavy (non-hydrogen) atoms. The topological polar surface area (TPSA) is 52.7 Å². The molecule has 1 fully saturated rings. The van der Waals surface area contributed by atoms with E-state index in [0.29, 0.717) is 6.54 Å². The number of nitrogens with zero attached hydrogens (tertiary/aromatic N) is 2. The van der Waals surface area contributed by atoms with Crippen LogP contribution in [0.25, 0.3) is 0 Å². The highest BCUT2D eigenvalue weighted by Crippen LogP contribution is 2.17. The lowest BCUT2D eigenvalue weighted by Crippen LogP contribution is -2.53. The van der Waals surface area contributed by atoms with E-state index >= 15 is 0 Å². The number of hydrogen-bond donors (Lipinski definition) is 1. The molecule has 0 aromatic heterocycles. The number of urea groups is 1. The molecular formula is C18H27N3O2. The van der Waals surface area contributed by atoms with Gasteiger partial charge in [-0.1, -0.05) is 30.3 Å². The van der Waals surface area contributed by atoms with E-state index in [0.717, 1.165) is 24.9 Å². The van der Waals surface area contributed by atoms with Crippen LogP contribution in [0.4, 0.5) is 4.79 Å². The van der Waals surface area contributed by atoms with Crippen molar-refractivity contribution < 1.29 is 9.59 Å². The lowest BCUT2D eigenvalue weighted by Gasteiger charge is -2.35. The summed E-state index contributed by atoms with van der Waals surface area (Å²) in [5, 5.41) is 2.81. The number of likely N-dealkylation sites (tertiary alicyclic amines) is 1. The second-order valence-electron chi connectivity index (χ2n) is 6.39. The first-order valence-corrected chi connectivity index (χ1v) is 8.35. The van der Waals surface area contributed by atoms with Crippen molar-refractivity contribution in [2.45, 2.75) is 51.7 Å². The zero-order chi connectivity index (χ0) is 16.8. The van der Waals surface area contributed by atoms with Gasteiger partial charge >= 0.3 is 6.03 Å². The van der Waals surface area contributed by atoms with Crippen molar-refractivity contribution in [1.29, 1.82) is 0 Å². The highest BCUT2D eigenvalue weighted by Gasteiger charge is 2.28. The molecule has 126 valence electrons. The van der Waals surface area contributed by atoms with Crippen molar-refractivity contribution in [1.82, 2.24) is 15.1 Å². The van der Waals surface area contributed by atoms with Crippen LogP contribution >= 0.6 is 0 Å². The fourth-order valence-corrected chi connectivity index (χ4v) is 2.96. The Morgan fingerprint density at radius 1 is 1.30 bits per heavy atom. The molecule has 0 bridgehead atoms. The monoisotopic (exact) mass is 317 g/mol. The van der Waals surface area contributed by atoms with E-state index < -0.39 is 6.04 Å². The van der Waals surface area contributed by atoms with Gasteiger partial charge in [-0.25, -0.2) is 4.79 Å². The predicted molar refractivity (Wildman–Crippen MR) is 90.9 cm³/mol. The molecular weight excluding hydrogens is 290 g/mol. The van der Waals surface area contributed by atoms with Crippen LogP contribution in [0.3, 0.4) is 0 Å². The Morgan fingerprint density at radius 3 is 2.65 bits per heavy atom. The molecule has 1 saturated heterocycles. The molecule has 0 saturated carbocycles. The van der Waals surface area contributed by atoms with Gasteiger partial charge in [0.25, 0.3) is 0 Å². The summed E-state index contributed by atoms with van der Waals surface area (Å²) in [7, 11) is 1.74. The van der Waals surface area contributed by atoms with Crippen molar-refractivity contribution in [3.05, 3.63) is 35.9 Å². The summed E-state index contributed by atoms with van der Waals surface area (Å²) in [5.41, 5.74) is 1.06. The van der Waals surface area contributed by atoms with Crippen molar-refractivity contribution in [3.8, 4) is 0 Å². The maximum Gasteiger partial charge on any atom is 0.318 e. The van der Waals surface area contributed by atoms with E-state index in [9.17, 15) is 9.59 Å². The summed E-state index contributed by atoms with van der Waals surface area (Å²) in [4.78, 5) is 28.3. The van der Waals surface area contributed by atoms with Gasteiger partial charge in [0, 0.05) is 26.2 Å². The van der Waals surface area contributed by atoms with Crippen LogP contribution in [0.2, 0.25) is 0 Å². The number of piperidine rings is 1. The molecule has 0 spiro atoms. The first-order chi connectivity index (χ1) is 11.0. The molecule has 2 rings (SSSR count). The van der Waals surface area contributed by atoms with E-state index in [4.69, 9.17) is 0 Å². The number of amides is 3. The van der Waals surface area contributed by atoms with Gasteiger partial charge in [-0.15, -0.1) is 0 Å². The average molecular weight is 317 g/mol. The van der Waals surface area contributed by atoms with Gasteiger partial charge in [0.05, 0.1) is 0 Å². The Morgan fingerprint density at radius 2 is 2.00 bits per heavy atom. The summed E-state index contributed by atoms with van der Waals surface area (Å²) < 4.78 is 0. The quantitative estimate of drug-likeness (QED) is 0.928. The van der Waals surface area contributed by atoms with Crippen LogP contribution in [0, 0.1) is 0 Å². The largest absolute Gasteiger partial charge is 0.338 e. The van der Waals surface area contributed by atoms with Crippen LogP contribution in [0.5, 0.6) is 0 Å². The van der Waals surface area contributed by atoms with E-state index in [-0.39, 0.29) is 18.0 Å². The molecule has 0 aliphatic carbocycles. The minimum Gasteiger partial charge on any atom is -0.338 e. The van der Waals surface area contributed by atoms with E-state index in [2.05, 4.69) is 12.2 Å². The molecule has 0 radical (unpaired) electrons. The van der Waals surface area contributed by atoms with Gasteiger partial charge < -0.3 is 15.1 Å². The SMILES string of the molecule is C[C@H](NC(=O)N(C)Cc1ccccc1)C(=O)N1CCCC[C@@H]1C. The average Bonchev–Trinajstić information content (AvgIpc) is 2.55. The molecule has 3 amide bonds. The second-order valence-corrected chi connectivity index (χ2v) is 6.39. The summed E-state index contributed by atoms with van der Waals surface area (Å²) >= 11 is 0. The minimum atomic E-state index is -0.499. The highest BCUT2D eigenvalue weighted by molar-refractivity contribution is 5.86. The third-order valence-electron chi connectivity index (χ3n) is 4.41. The summed E-state index contributed by atoms with van der Waals surface area (Å²) in [6, 6.07) is 9.35. The Hall–Kier alpha value is -2.04. The van der Waals surface area contributed by atoms with Crippen molar-refractivity contribution in [2.75, 3.05) is 13.6 Å². The molecule has 0 unspecified atom stereocenters. The van der Waals surface area contributed by atoms with E-state index in [1.54, 1.807) is 18.9 Å². The Balaban J connectivity index is 1.87. The summed E-state index contributed by atoms with van der Waals surface area (Å²) in [6.45, 7) is 5.15. The molecule has 1 aliphatic rings. The van der Waals surface area contributed by atoms with E-state index in [1.165, 1.54) is 6.42 Å². The van der Waals surface area contributed by atoms with E-state index in [1.807, 2.05) is 35.2 Å². The molecule has 1 aromatic rings. The lowest BCUT2D eigenvalue weighted by molar-refractivity contribution is -0.136. The Kier molecular flexibility index (Phi) is 6.02. The molecule has 2 atom stereocenters. The van der Waals surface area contributed by atoms with Gasteiger partial charge in [-0.05, 0) is 38.7 Å². The van der Waals surface area contributed by atoms with Gasteiger partial charge in [-0.3, -0.25) is 4.79 Å². The van der Waals surface area contributed by atoms with Crippen molar-refractivity contribution in [2.24, 2.45) is 0 Å². The highest BCUT2D eigenvalue weighted by atomic mass is 16.2. The summed E-state index contributed by atoms with van der Waals surface area (Å²) in [5.74, 6) is 0.0126. The molecule has 1 aliphatic heterocycles. The minimum absolute atomic E-state index is 0.0126. The first-order valence-electron chi connectivity index (χ1n) is 8.35. The van der Waals surface area contributed by atoms with Crippen molar-refractivity contribution >= 4 is 11.9 Å². The molecule has 1 aromatic carbocycles. The van der Waals surface area contributed by atoms with Crippen LogP contribution in [-0.4, -0.2) is 47.4 Å². The fraction of sp³-hybridized carbons (Fsp3) is 0.556. The standard InChI is InChI=1S/C18H27N3O2/c1-14-9-7-8-12-21(14)17(22)15(2)19-18(23)20(3)13-16-10-5-4-6-11-16/h4-6,10-11,14-15H,7-9,12-13H2,1-3H3,(H,19,23)/t14-,15-/m0/s1. The first kappa shape index (κ1) is 17.3. The predicted octanol–water partition coefficient (Wildman–Crippen LogP) is 2.62. The zero-order valence-corrected chi connectivity index (χ0v) is 14.3. The number of benzene rings is 1. The molecule has 1 N–H and O–H groups in total. The van der Waals surface area contributed by atoms with Crippen molar-refractivity contribution in [3.63, 3.8) is 0 Å². The van der Waals surface area contributed by atoms with Crippen LogP contribution in [0.1, 0.15) is 38.7 Å². The number of carbonyl (C=O) groups is 2. The fourth-order valence-electron chi connectivity index (χ4n) is 2.96. The van der Waals surface area contributed by atoms with Gasteiger partial charge in [0.1, 0.15) is 6.04 Å². The second kappa shape index (κ2) is 7.99. The van der Waals surface area contributed by atoms with Crippen LogP contribution < -0.4 is 5.32 Å². The number of nitrogens with one attached hydrogen (secondary N) is 1. The molecule has 5 nitrogen and oxygen atoms in total. The third kappa shape index (κ3) is 4.71. The van der Waals surface area contributed by atoms with Crippen LogP contribution in [0.15, 0.2) is 30.3 Å². The third-order valence-corrected chi connectivity index (χ3v) is 4.41.